The van der Waals surface area contributed by atoms with Gasteiger partial charge < -0.3 is 14.5 Å². The quantitative estimate of drug-likeness (QED) is 0.362. The number of esters is 1. The van der Waals surface area contributed by atoms with Crippen LogP contribution in [-0.2, 0) is 11.3 Å². The highest BCUT2D eigenvalue weighted by Crippen LogP contribution is 2.33. The number of hydrogen-bond acceptors (Lipinski definition) is 4. The van der Waals surface area contributed by atoms with Crippen molar-refractivity contribution in [3.63, 3.8) is 0 Å². The summed E-state index contributed by atoms with van der Waals surface area (Å²) in [6, 6.07) is 18.5. The van der Waals surface area contributed by atoms with Crippen LogP contribution in [0.25, 0.3) is 22.4 Å². The molecule has 0 aliphatic rings. The molecule has 0 bridgehead atoms. The van der Waals surface area contributed by atoms with Crippen molar-refractivity contribution in [1.82, 2.24) is 9.97 Å². The van der Waals surface area contributed by atoms with Gasteiger partial charge in [-0.05, 0) is 42.5 Å². The smallest absolute Gasteiger partial charge is 0.337 e. The predicted octanol–water partition coefficient (Wildman–Crippen LogP) is 6.01. The topological polar surface area (TPSA) is 64.2 Å². The Hall–Kier alpha value is -2.83. The number of methoxy groups -OCH3 is 1. The molecule has 0 atom stereocenters. The highest BCUT2D eigenvalue weighted by atomic mass is 79.9. The molecule has 0 saturated heterocycles. The molecule has 29 heavy (non-hydrogen) atoms. The summed E-state index contributed by atoms with van der Waals surface area (Å²) in [5.74, 6) is 0.909. The molecule has 3 aromatic carbocycles. The number of halogens is 2. The molecule has 4 rings (SSSR count). The van der Waals surface area contributed by atoms with Crippen molar-refractivity contribution < 1.29 is 14.3 Å². The van der Waals surface area contributed by atoms with E-state index in [4.69, 9.17) is 21.1 Å². The third-order valence-corrected chi connectivity index (χ3v) is 5.30. The summed E-state index contributed by atoms with van der Waals surface area (Å²) in [5, 5.41) is 0.658. The zero-order valence-electron chi connectivity index (χ0n) is 15.4. The molecule has 0 amide bonds. The molecule has 4 aromatic rings. The van der Waals surface area contributed by atoms with E-state index in [-0.39, 0.29) is 0 Å². The molecule has 0 spiro atoms. The van der Waals surface area contributed by atoms with Crippen LogP contribution in [0.4, 0.5) is 0 Å². The first-order valence-corrected chi connectivity index (χ1v) is 9.96. The van der Waals surface area contributed by atoms with Crippen molar-refractivity contribution in [2.24, 2.45) is 0 Å². The summed E-state index contributed by atoms with van der Waals surface area (Å²) in [4.78, 5) is 19.7. The minimum Gasteiger partial charge on any atom is -0.488 e. The van der Waals surface area contributed by atoms with Gasteiger partial charge in [0.05, 0.1) is 29.3 Å². The Kier molecular flexibility index (Phi) is 5.56. The second-order valence-corrected chi connectivity index (χ2v) is 7.65. The lowest BCUT2D eigenvalue weighted by Gasteiger charge is -2.11. The molecule has 1 aromatic heterocycles. The van der Waals surface area contributed by atoms with Gasteiger partial charge in [-0.15, -0.1) is 0 Å². The minimum absolute atomic E-state index is 0.334. The standard InChI is InChI=1S/C22H16BrClN2O3/c1-28-22(27)13-6-8-18-19(10-13)26-21(25-18)16-11-15(23)7-9-20(16)29-12-14-4-2-3-5-17(14)24/h2-11H,12H2,1H3,(H,25,26). The van der Waals surface area contributed by atoms with Gasteiger partial charge >= 0.3 is 5.97 Å². The van der Waals surface area contributed by atoms with E-state index >= 15 is 0 Å². The van der Waals surface area contributed by atoms with Gasteiger partial charge in [0.25, 0.3) is 0 Å². The van der Waals surface area contributed by atoms with Gasteiger partial charge in [0.15, 0.2) is 0 Å². The predicted molar refractivity (Wildman–Crippen MR) is 116 cm³/mol. The highest BCUT2D eigenvalue weighted by Gasteiger charge is 2.14. The zero-order chi connectivity index (χ0) is 20.4. The van der Waals surface area contributed by atoms with Gasteiger partial charge in [0, 0.05) is 15.1 Å². The van der Waals surface area contributed by atoms with E-state index in [2.05, 4.69) is 25.9 Å². The van der Waals surface area contributed by atoms with Gasteiger partial charge in [0.1, 0.15) is 18.2 Å². The maximum Gasteiger partial charge on any atom is 0.337 e. The third-order valence-electron chi connectivity index (χ3n) is 4.44. The summed E-state index contributed by atoms with van der Waals surface area (Å²) in [7, 11) is 1.36. The number of nitrogens with one attached hydrogen (secondary N) is 1. The number of rotatable bonds is 5. The Labute approximate surface area is 180 Å². The van der Waals surface area contributed by atoms with Gasteiger partial charge in [-0.3, -0.25) is 0 Å². The summed E-state index contributed by atoms with van der Waals surface area (Å²) in [5.41, 5.74) is 3.63. The molecule has 0 unspecified atom stereocenters. The fraction of sp³-hybridized carbons (Fsp3) is 0.0909. The van der Waals surface area contributed by atoms with Crippen LogP contribution in [0.15, 0.2) is 65.1 Å². The van der Waals surface area contributed by atoms with E-state index in [1.807, 2.05) is 42.5 Å². The van der Waals surface area contributed by atoms with Crippen molar-refractivity contribution in [3.8, 4) is 17.1 Å². The summed E-state index contributed by atoms with van der Waals surface area (Å²) >= 11 is 9.74. The summed E-state index contributed by atoms with van der Waals surface area (Å²) < 4.78 is 11.7. The fourth-order valence-corrected chi connectivity index (χ4v) is 3.52. The number of nitrogens with zero attached hydrogens (tertiary/aromatic N) is 1. The molecule has 0 aliphatic heterocycles. The molecule has 146 valence electrons. The van der Waals surface area contributed by atoms with E-state index < -0.39 is 5.97 Å². The van der Waals surface area contributed by atoms with Crippen LogP contribution in [0.5, 0.6) is 5.75 Å². The third kappa shape index (κ3) is 4.13. The molecule has 0 saturated carbocycles. The van der Waals surface area contributed by atoms with Crippen LogP contribution < -0.4 is 4.74 Å². The average molecular weight is 472 g/mol. The van der Waals surface area contributed by atoms with Crippen molar-refractivity contribution in [1.29, 1.82) is 0 Å². The Morgan fingerprint density at radius 1 is 1.14 bits per heavy atom. The number of hydrogen-bond donors (Lipinski definition) is 1. The van der Waals surface area contributed by atoms with Crippen molar-refractivity contribution >= 4 is 44.5 Å². The minimum atomic E-state index is -0.394. The van der Waals surface area contributed by atoms with Crippen LogP contribution in [0.2, 0.25) is 5.02 Å². The maximum atomic E-state index is 11.8. The number of benzene rings is 3. The Morgan fingerprint density at radius 3 is 2.76 bits per heavy atom. The summed E-state index contributed by atoms with van der Waals surface area (Å²) in [6.07, 6.45) is 0. The van der Waals surface area contributed by atoms with Crippen LogP contribution in [-0.4, -0.2) is 23.0 Å². The first-order valence-electron chi connectivity index (χ1n) is 8.79. The monoisotopic (exact) mass is 470 g/mol. The van der Waals surface area contributed by atoms with Crippen molar-refractivity contribution in [3.05, 3.63) is 81.3 Å². The molecule has 0 radical (unpaired) electrons. The van der Waals surface area contributed by atoms with E-state index in [1.165, 1.54) is 7.11 Å². The van der Waals surface area contributed by atoms with Crippen LogP contribution in [0.3, 0.4) is 0 Å². The van der Waals surface area contributed by atoms with Crippen LogP contribution >= 0.6 is 27.5 Å². The maximum absolute atomic E-state index is 11.8. The van der Waals surface area contributed by atoms with E-state index in [0.29, 0.717) is 28.8 Å². The molecule has 0 fully saturated rings. The first kappa shape index (κ1) is 19.5. The van der Waals surface area contributed by atoms with Crippen LogP contribution in [0.1, 0.15) is 15.9 Å². The second-order valence-electron chi connectivity index (χ2n) is 6.33. The normalized spacial score (nSPS) is 10.9. The van der Waals surface area contributed by atoms with Gasteiger partial charge in [-0.2, -0.15) is 0 Å². The lowest BCUT2D eigenvalue weighted by Crippen LogP contribution is -2.00. The zero-order valence-corrected chi connectivity index (χ0v) is 17.8. The van der Waals surface area contributed by atoms with Crippen molar-refractivity contribution in [2.45, 2.75) is 6.61 Å². The molecule has 5 nitrogen and oxygen atoms in total. The molecule has 1 N–H and O–H groups in total. The largest absolute Gasteiger partial charge is 0.488 e. The van der Waals surface area contributed by atoms with E-state index in [9.17, 15) is 4.79 Å². The molecular formula is C22H16BrClN2O3. The Bertz CT molecular complexity index is 1210. The molecular weight excluding hydrogens is 456 g/mol. The van der Waals surface area contributed by atoms with Gasteiger partial charge in [-0.1, -0.05) is 45.7 Å². The average Bonchev–Trinajstić information content (AvgIpc) is 3.16. The lowest BCUT2D eigenvalue weighted by molar-refractivity contribution is 0.0601. The number of carbonyl (C=O) groups is 1. The lowest BCUT2D eigenvalue weighted by atomic mass is 10.2. The summed E-state index contributed by atoms with van der Waals surface area (Å²) in [6.45, 7) is 0.334. The van der Waals surface area contributed by atoms with Gasteiger partial charge in [-0.25, -0.2) is 9.78 Å². The number of H-pyrrole nitrogens is 1. The van der Waals surface area contributed by atoms with Gasteiger partial charge in [0.2, 0.25) is 0 Å². The highest BCUT2D eigenvalue weighted by molar-refractivity contribution is 9.10. The van der Waals surface area contributed by atoms with Crippen molar-refractivity contribution in [2.75, 3.05) is 7.11 Å². The fourth-order valence-electron chi connectivity index (χ4n) is 2.97. The number of aromatic nitrogens is 2. The Balaban J connectivity index is 1.70. The number of fused-ring (bicyclic) bond motifs is 1. The van der Waals surface area contributed by atoms with E-state index in [1.54, 1.807) is 18.2 Å². The molecule has 7 heteroatoms. The Morgan fingerprint density at radius 2 is 1.97 bits per heavy atom. The number of aromatic amines is 1. The number of ether oxygens (including phenoxy) is 2. The number of imidazole rings is 1. The molecule has 1 heterocycles. The van der Waals surface area contributed by atoms with E-state index in [0.717, 1.165) is 26.6 Å². The first-order chi connectivity index (χ1) is 14.0. The SMILES string of the molecule is COC(=O)c1ccc2nc(-c3cc(Br)ccc3OCc3ccccc3Cl)[nH]c2c1. The second kappa shape index (κ2) is 8.27. The number of carbonyl (C=O) groups excluding carboxylic acids is 1. The van der Waals surface area contributed by atoms with Crippen LogP contribution in [0, 0.1) is 0 Å². The molecule has 0 aliphatic carbocycles.